The van der Waals surface area contributed by atoms with Gasteiger partial charge in [0, 0.05) is 5.57 Å². The molecule has 21 heavy (non-hydrogen) atoms. The largest absolute Gasteiger partial charge is 0.463 e. The molecule has 1 aliphatic heterocycles. The van der Waals surface area contributed by atoms with Crippen LogP contribution < -0.4 is 0 Å². The molecule has 8 nitrogen and oxygen atoms in total. The zero-order chi connectivity index (χ0) is 15.7. The van der Waals surface area contributed by atoms with E-state index >= 15 is 0 Å². The Balaban J connectivity index is 1.94. The summed E-state index contributed by atoms with van der Waals surface area (Å²) in [5.74, 6) is -1.76. The van der Waals surface area contributed by atoms with E-state index in [-0.39, 0.29) is 44.3 Å². The predicted octanol–water partition coefficient (Wildman–Crippen LogP) is 0.303. The average molecular weight is 302 g/mol. The lowest BCUT2D eigenvalue weighted by Gasteiger charge is -2.05. The zero-order valence-electron chi connectivity index (χ0n) is 11.8. The summed E-state index contributed by atoms with van der Waals surface area (Å²) in [6, 6.07) is 0. The maximum absolute atomic E-state index is 11.2. The van der Waals surface area contributed by atoms with Gasteiger partial charge in [-0.05, 0) is 6.92 Å². The van der Waals surface area contributed by atoms with Crippen LogP contribution in [0.25, 0.3) is 0 Å². The van der Waals surface area contributed by atoms with Gasteiger partial charge in [0.2, 0.25) is 0 Å². The third-order valence-corrected chi connectivity index (χ3v) is 2.27. The standard InChI is InChI=1S/C13H18O8/c1-9(2)13(16)17-5-6-20-21-12(15)4-3-11(14)19-8-10-7-18-10/h10H,1,3-8H2,2H3. The van der Waals surface area contributed by atoms with Crippen LogP contribution in [-0.4, -0.2) is 50.4 Å². The summed E-state index contributed by atoms with van der Waals surface area (Å²) >= 11 is 0. The number of rotatable bonds is 10. The normalized spacial score (nSPS) is 16.0. The molecule has 1 rings (SSSR count). The average Bonchev–Trinajstić information content (AvgIpc) is 3.26. The highest BCUT2D eigenvalue weighted by Crippen LogP contribution is 2.09. The van der Waals surface area contributed by atoms with E-state index in [1.54, 1.807) is 0 Å². The molecule has 118 valence electrons. The van der Waals surface area contributed by atoms with Gasteiger partial charge in [0.25, 0.3) is 0 Å². The van der Waals surface area contributed by atoms with Crippen molar-refractivity contribution in [3.63, 3.8) is 0 Å². The third kappa shape index (κ3) is 8.77. The van der Waals surface area contributed by atoms with Gasteiger partial charge in [0.05, 0.1) is 19.4 Å². The van der Waals surface area contributed by atoms with Gasteiger partial charge >= 0.3 is 17.9 Å². The Morgan fingerprint density at radius 3 is 2.43 bits per heavy atom. The van der Waals surface area contributed by atoms with Crippen LogP contribution in [0.4, 0.5) is 0 Å². The van der Waals surface area contributed by atoms with E-state index in [4.69, 9.17) is 14.2 Å². The van der Waals surface area contributed by atoms with Gasteiger partial charge in [0.15, 0.2) is 0 Å². The van der Waals surface area contributed by atoms with E-state index in [9.17, 15) is 14.4 Å². The number of epoxide rings is 1. The molecule has 1 saturated heterocycles. The fourth-order valence-corrected chi connectivity index (χ4v) is 1.07. The smallest absolute Gasteiger partial charge is 0.342 e. The highest BCUT2D eigenvalue weighted by molar-refractivity contribution is 5.86. The molecule has 8 heteroatoms. The van der Waals surface area contributed by atoms with Crippen LogP contribution in [0.1, 0.15) is 19.8 Å². The number of carbonyl (C=O) groups excluding carboxylic acids is 3. The molecular weight excluding hydrogens is 284 g/mol. The molecule has 0 aromatic rings. The highest BCUT2D eigenvalue weighted by Gasteiger charge is 2.24. The van der Waals surface area contributed by atoms with Crippen molar-refractivity contribution in [2.75, 3.05) is 26.4 Å². The van der Waals surface area contributed by atoms with Crippen molar-refractivity contribution in [1.82, 2.24) is 0 Å². The van der Waals surface area contributed by atoms with Gasteiger partial charge < -0.3 is 14.2 Å². The van der Waals surface area contributed by atoms with Crippen LogP contribution in [0.2, 0.25) is 0 Å². The summed E-state index contributed by atoms with van der Waals surface area (Å²) in [6.45, 7) is 5.55. The van der Waals surface area contributed by atoms with Crippen molar-refractivity contribution < 1.29 is 38.4 Å². The van der Waals surface area contributed by atoms with Gasteiger partial charge in [-0.3, -0.25) is 9.68 Å². The first-order chi connectivity index (χ1) is 9.99. The second-order valence-corrected chi connectivity index (χ2v) is 4.33. The molecule has 0 saturated carbocycles. The number of hydrogen-bond acceptors (Lipinski definition) is 8. The Morgan fingerprint density at radius 2 is 1.81 bits per heavy atom. The maximum atomic E-state index is 11.2. The van der Waals surface area contributed by atoms with E-state index in [0.29, 0.717) is 6.61 Å². The molecule has 1 aliphatic rings. The third-order valence-electron chi connectivity index (χ3n) is 2.27. The fraction of sp³-hybridized carbons (Fsp3) is 0.615. The van der Waals surface area contributed by atoms with Gasteiger partial charge in [-0.1, -0.05) is 6.58 Å². The van der Waals surface area contributed by atoms with Crippen molar-refractivity contribution in [3.05, 3.63) is 12.2 Å². The highest BCUT2D eigenvalue weighted by atomic mass is 17.2. The van der Waals surface area contributed by atoms with Gasteiger partial charge in [-0.15, -0.1) is 0 Å². The van der Waals surface area contributed by atoms with Gasteiger partial charge in [-0.2, -0.15) is 4.89 Å². The molecule has 0 bridgehead atoms. The first-order valence-corrected chi connectivity index (χ1v) is 6.41. The molecular formula is C13H18O8. The fourth-order valence-electron chi connectivity index (χ4n) is 1.07. The summed E-state index contributed by atoms with van der Waals surface area (Å²) < 4.78 is 14.4. The minimum Gasteiger partial charge on any atom is -0.463 e. The van der Waals surface area contributed by atoms with Crippen LogP contribution in [0.5, 0.6) is 0 Å². The van der Waals surface area contributed by atoms with Crippen LogP contribution in [-0.2, 0) is 38.4 Å². The Hall–Kier alpha value is -1.93. The van der Waals surface area contributed by atoms with E-state index in [0.717, 1.165) is 0 Å². The molecule has 1 heterocycles. The first kappa shape index (κ1) is 17.1. The summed E-state index contributed by atoms with van der Waals surface area (Å²) in [5, 5.41) is 0. The number of ether oxygens (including phenoxy) is 3. The minimum absolute atomic E-state index is 0.00820. The topological polar surface area (TPSA) is 101 Å². The monoisotopic (exact) mass is 302 g/mol. The van der Waals surface area contributed by atoms with Crippen molar-refractivity contribution >= 4 is 17.9 Å². The van der Waals surface area contributed by atoms with Crippen molar-refractivity contribution in [2.45, 2.75) is 25.9 Å². The predicted molar refractivity (Wildman–Crippen MR) is 67.8 cm³/mol. The SMILES string of the molecule is C=C(C)C(=O)OCCOOC(=O)CCC(=O)OCC1CO1. The summed E-state index contributed by atoms with van der Waals surface area (Å²) in [5.41, 5.74) is 0.266. The Bertz CT molecular complexity index is 399. The van der Waals surface area contributed by atoms with E-state index in [2.05, 4.69) is 16.4 Å². The summed E-state index contributed by atoms with van der Waals surface area (Å²) in [7, 11) is 0. The van der Waals surface area contributed by atoms with E-state index < -0.39 is 17.9 Å². The number of esters is 2. The lowest BCUT2D eigenvalue weighted by atomic mass is 10.3. The molecule has 1 atom stereocenters. The van der Waals surface area contributed by atoms with Gasteiger partial charge in [0.1, 0.15) is 25.9 Å². The second-order valence-electron chi connectivity index (χ2n) is 4.33. The van der Waals surface area contributed by atoms with Crippen LogP contribution in [0, 0.1) is 0 Å². The minimum atomic E-state index is -0.708. The van der Waals surface area contributed by atoms with Crippen LogP contribution in [0.3, 0.4) is 0 Å². The van der Waals surface area contributed by atoms with E-state index in [1.807, 2.05) is 0 Å². The van der Waals surface area contributed by atoms with Crippen LogP contribution in [0.15, 0.2) is 12.2 Å². The van der Waals surface area contributed by atoms with E-state index in [1.165, 1.54) is 6.92 Å². The molecule has 0 radical (unpaired) electrons. The van der Waals surface area contributed by atoms with Crippen molar-refractivity contribution in [2.24, 2.45) is 0 Å². The molecule has 0 aliphatic carbocycles. The molecule has 1 fully saturated rings. The number of carbonyl (C=O) groups is 3. The molecule has 1 unspecified atom stereocenters. The zero-order valence-corrected chi connectivity index (χ0v) is 11.8. The Kier molecular flexibility index (Phi) is 7.41. The van der Waals surface area contributed by atoms with Crippen molar-refractivity contribution in [3.8, 4) is 0 Å². The lowest BCUT2D eigenvalue weighted by Crippen LogP contribution is -2.15. The summed E-state index contributed by atoms with van der Waals surface area (Å²) in [4.78, 5) is 42.3. The maximum Gasteiger partial charge on any atom is 0.342 e. The molecule has 0 spiro atoms. The summed E-state index contributed by atoms with van der Waals surface area (Å²) in [6.07, 6.45) is -0.263. The molecule has 0 aromatic carbocycles. The first-order valence-electron chi connectivity index (χ1n) is 6.41. The molecule has 0 N–H and O–H groups in total. The van der Waals surface area contributed by atoms with Crippen molar-refractivity contribution in [1.29, 1.82) is 0 Å². The second kappa shape index (κ2) is 9.09. The number of hydrogen-bond donors (Lipinski definition) is 0. The van der Waals surface area contributed by atoms with Crippen LogP contribution >= 0.6 is 0 Å². The van der Waals surface area contributed by atoms with Gasteiger partial charge in [-0.25, -0.2) is 9.59 Å². The quantitative estimate of drug-likeness (QED) is 0.142. The Morgan fingerprint density at radius 1 is 1.14 bits per heavy atom. The lowest BCUT2D eigenvalue weighted by molar-refractivity contribution is -0.275. The Labute approximate surface area is 121 Å². The molecule has 0 amide bonds. The molecule has 0 aromatic heterocycles.